The fraction of sp³-hybridized carbons (Fsp3) is 0.826. The van der Waals surface area contributed by atoms with Crippen LogP contribution in [0.25, 0.3) is 0 Å². The van der Waals surface area contributed by atoms with Gasteiger partial charge in [0.05, 0.1) is 53.0 Å². The van der Waals surface area contributed by atoms with E-state index < -0.39 is 101 Å². The summed E-state index contributed by atoms with van der Waals surface area (Å²) in [6.07, 6.45) is -6.92. The summed E-state index contributed by atoms with van der Waals surface area (Å²) in [4.78, 5) is 22.5. The number of carbonyl (C=O) groups excluding carboxylic acids is 1. The third-order valence-corrected chi connectivity index (χ3v) is 14.2. The number of carbonyl (C=O) groups is 1. The van der Waals surface area contributed by atoms with E-state index in [1.54, 1.807) is 53.9 Å². The van der Waals surface area contributed by atoms with E-state index in [0.717, 1.165) is 0 Å². The number of aliphatic hydroxyl groups is 4. The largest absolute Gasteiger partial charge is 0.391 e. The van der Waals surface area contributed by atoms with Crippen LogP contribution >= 0.6 is 0 Å². The number of likely N-dealkylation sites (N-methyl/N-ethyl adjacent to an activating group) is 1. The molecule has 2 aliphatic heterocycles. The summed E-state index contributed by atoms with van der Waals surface area (Å²) in [5.41, 5.74) is -3.02. The summed E-state index contributed by atoms with van der Waals surface area (Å²) in [5.74, 6) is -4.04. The Kier molecular flexibility index (Phi) is 17.9. The van der Waals surface area contributed by atoms with Gasteiger partial charge >= 0.3 is 0 Å². The lowest BCUT2D eigenvalue weighted by atomic mass is 9.69. The van der Waals surface area contributed by atoms with Crippen molar-refractivity contribution in [3.63, 3.8) is 0 Å². The Morgan fingerprint density at radius 1 is 0.918 bits per heavy atom. The van der Waals surface area contributed by atoms with Crippen LogP contribution in [0.15, 0.2) is 29.4 Å². The number of nitrogens with zero attached hydrogens (tertiary/aromatic N) is 2. The van der Waals surface area contributed by atoms with Crippen molar-refractivity contribution in [1.82, 2.24) is 4.90 Å². The lowest BCUT2D eigenvalue weighted by Gasteiger charge is -2.50. The van der Waals surface area contributed by atoms with E-state index in [-0.39, 0.29) is 43.8 Å². The first-order valence-corrected chi connectivity index (χ1v) is 22.1. The number of hydrogen-bond donors (Lipinski definition) is 4. The average Bonchev–Trinajstić information content (AvgIpc) is 3.20. The molecule has 3 fully saturated rings. The first-order chi connectivity index (χ1) is 28.4. The number of oxime groups is 1. The second-order valence-corrected chi connectivity index (χ2v) is 19.1. The van der Waals surface area contributed by atoms with E-state index in [4.69, 9.17) is 33.3 Å². The summed E-state index contributed by atoms with van der Waals surface area (Å²) in [6, 6.07) is 5.71. The molecular formula is C46H77FN2O12. The summed E-state index contributed by atoms with van der Waals surface area (Å²) in [7, 11) is 6.89. The Bertz CT molecular complexity index is 1600. The van der Waals surface area contributed by atoms with Gasteiger partial charge in [-0.3, -0.25) is 4.79 Å². The number of ether oxygens (including phenoxy) is 6. The van der Waals surface area contributed by atoms with E-state index in [2.05, 4.69) is 5.16 Å². The zero-order valence-electron chi connectivity index (χ0n) is 39.0. The Balaban J connectivity index is 1.90. The lowest BCUT2D eigenvalue weighted by molar-refractivity contribution is -0.318. The Morgan fingerprint density at radius 2 is 1.57 bits per heavy atom. The van der Waals surface area contributed by atoms with Gasteiger partial charge in [-0.25, -0.2) is 4.39 Å². The summed E-state index contributed by atoms with van der Waals surface area (Å²) >= 11 is 0. The molecule has 1 aliphatic carbocycles. The molecule has 0 unspecified atom stereocenters. The molecule has 15 heteroatoms. The quantitative estimate of drug-likeness (QED) is 0.213. The maximum atomic E-state index is 14.7. The molecule has 350 valence electrons. The van der Waals surface area contributed by atoms with E-state index in [1.807, 2.05) is 53.6 Å². The van der Waals surface area contributed by atoms with E-state index >= 15 is 0 Å². The monoisotopic (exact) mass is 869 g/mol. The number of benzene rings is 1. The molecule has 0 aromatic heterocycles. The van der Waals surface area contributed by atoms with Crippen molar-refractivity contribution in [2.45, 2.75) is 186 Å². The maximum absolute atomic E-state index is 14.7. The molecule has 0 bridgehead atoms. The molecule has 0 radical (unpaired) electrons. The standard InChI is InChI=1S/C46H77FN2O12/c1-15-32-21-35(50)27(4)39(60-36-23-44(8,55-13)41(53)30(7)59-36)29(6)42(61-43-38(51)34(49(11)12)19-26(3)58-43)45(9,56-14)22-25(2)37(28(5)40(52)46(32,10)54)48-57-24-31-17-16-18-33(47)20-31/h16-18,20,25-30,32,34,36,38-43,51-54H,15,19,21-24H2,1-14H3/b48-37+/t25-,26-,27+,28+,29+,30+,32+,34+,36+,38-,39-,40-,41+,42-,43+,44-,45-,46-/m1/s1. The van der Waals surface area contributed by atoms with Crippen molar-refractivity contribution in [3.8, 4) is 0 Å². The molecule has 1 aromatic carbocycles. The third-order valence-electron chi connectivity index (χ3n) is 14.2. The van der Waals surface area contributed by atoms with Gasteiger partial charge in [0, 0.05) is 56.8 Å². The molecule has 0 spiro atoms. The average molecular weight is 869 g/mol. The third kappa shape index (κ3) is 11.8. The summed E-state index contributed by atoms with van der Waals surface area (Å²) in [6.45, 7) is 18.1. The topological polar surface area (TPSA) is 178 Å². The smallest absolute Gasteiger partial charge is 0.185 e. The van der Waals surface area contributed by atoms with Gasteiger partial charge in [0.25, 0.3) is 0 Å². The van der Waals surface area contributed by atoms with Crippen molar-refractivity contribution >= 4 is 11.5 Å². The van der Waals surface area contributed by atoms with Crippen molar-refractivity contribution in [2.75, 3.05) is 28.3 Å². The molecule has 4 rings (SSSR count). The van der Waals surface area contributed by atoms with E-state index in [1.165, 1.54) is 19.2 Å². The molecular weight excluding hydrogens is 792 g/mol. The Morgan fingerprint density at radius 3 is 2.16 bits per heavy atom. The van der Waals surface area contributed by atoms with Crippen LogP contribution in [0, 0.1) is 35.4 Å². The number of ketones is 1. The molecule has 3 aliphatic rings. The van der Waals surface area contributed by atoms with Gasteiger partial charge in [0.2, 0.25) is 0 Å². The van der Waals surface area contributed by atoms with Crippen LogP contribution in [-0.4, -0.2) is 143 Å². The number of methoxy groups -OCH3 is 2. The maximum Gasteiger partial charge on any atom is 0.185 e. The number of hydrogen-bond acceptors (Lipinski definition) is 14. The molecule has 61 heavy (non-hydrogen) atoms. The molecule has 2 heterocycles. The molecule has 4 N–H and O–H groups in total. The highest BCUT2D eigenvalue weighted by Crippen LogP contribution is 2.43. The van der Waals surface area contributed by atoms with Gasteiger partial charge in [-0.2, -0.15) is 0 Å². The van der Waals surface area contributed by atoms with Crippen molar-refractivity contribution < 1.29 is 62.9 Å². The van der Waals surface area contributed by atoms with Crippen molar-refractivity contribution in [2.24, 2.45) is 34.7 Å². The SMILES string of the molecule is CC[C@H]1CC(=O)[C@H](C)[C@@H](O[C@H]2C[C@@](C)(OC)[C@@H](O)[C@H](C)O2)[C@H](C)[C@@H](O[C@@H]2O[C@H](C)C[C@H](N(C)C)[C@H]2O)[C@](C)(OC)C[C@@H](C)/C(=N\OCc2cccc(F)c2)[C@H](C)[C@@H](O)[C@]1(C)O. The van der Waals surface area contributed by atoms with Gasteiger partial charge in [0.1, 0.15) is 30.4 Å². The van der Waals surface area contributed by atoms with Crippen molar-refractivity contribution in [3.05, 3.63) is 35.6 Å². The molecule has 18 atom stereocenters. The normalized spacial score (nSPS) is 44.2. The fourth-order valence-electron chi connectivity index (χ4n) is 10.0. The fourth-order valence-corrected chi connectivity index (χ4v) is 10.0. The van der Waals surface area contributed by atoms with Crippen LogP contribution in [0.3, 0.4) is 0 Å². The van der Waals surface area contributed by atoms with Crippen LogP contribution in [0.5, 0.6) is 0 Å². The van der Waals surface area contributed by atoms with Gasteiger partial charge in [0.15, 0.2) is 12.6 Å². The minimum absolute atomic E-state index is 0.0520. The minimum atomic E-state index is -1.75. The predicted octanol–water partition coefficient (Wildman–Crippen LogP) is 5.25. The molecule has 1 aromatic rings. The van der Waals surface area contributed by atoms with E-state index in [0.29, 0.717) is 24.1 Å². The predicted molar refractivity (Wildman–Crippen MR) is 228 cm³/mol. The number of rotatable bonds is 11. The Hall–Kier alpha value is -2.15. The lowest BCUT2D eigenvalue weighted by Crippen LogP contribution is -2.61. The minimum Gasteiger partial charge on any atom is -0.391 e. The van der Waals surface area contributed by atoms with Crippen LogP contribution in [0.1, 0.15) is 107 Å². The number of aliphatic hydroxyl groups excluding tert-OH is 3. The van der Waals surface area contributed by atoms with E-state index in [9.17, 15) is 29.6 Å². The zero-order chi connectivity index (χ0) is 45.8. The summed E-state index contributed by atoms with van der Waals surface area (Å²) in [5, 5.41) is 51.7. The molecule has 2 saturated heterocycles. The zero-order valence-corrected chi connectivity index (χ0v) is 39.0. The molecule has 14 nitrogen and oxygen atoms in total. The van der Waals surface area contributed by atoms with Crippen LogP contribution in [-0.2, 0) is 44.7 Å². The first kappa shape index (κ1) is 51.5. The van der Waals surface area contributed by atoms with Crippen LogP contribution < -0.4 is 0 Å². The van der Waals surface area contributed by atoms with Gasteiger partial charge < -0.3 is 58.6 Å². The first-order valence-electron chi connectivity index (χ1n) is 22.1. The molecule has 0 amide bonds. The molecule has 1 saturated carbocycles. The van der Waals surface area contributed by atoms with Crippen LogP contribution in [0.2, 0.25) is 0 Å². The highest BCUT2D eigenvalue weighted by Gasteiger charge is 2.53. The van der Waals surface area contributed by atoms with Crippen LogP contribution in [0.4, 0.5) is 4.39 Å². The second-order valence-electron chi connectivity index (χ2n) is 19.1. The second kappa shape index (κ2) is 21.2. The Labute approximate surface area is 363 Å². The number of Topliss-reactive ketones (excluding diaryl/α,β-unsaturated/α-hetero) is 1. The highest BCUT2D eigenvalue weighted by molar-refractivity contribution is 5.89. The van der Waals surface area contributed by atoms with Gasteiger partial charge in [-0.05, 0) is 85.2 Å². The number of halogens is 1. The van der Waals surface area contributed by atoms with Crippen molar-refractivity contribution in [1.29, 1.82) is 0 Å². The van der Waals surface area contributed by atoms with Gasteiger partial charge in [-0.1, -0.05) is 58.3 Å². The van der Waals surface area contributed by atoms with Gasteiger partial charge in [-0.15, -0.1) is 0 Å². The highest BCUT2D eigenvalue weighted by atomic mass is 19.1. The summed E-state index contributed by atoms with van der Waals surface area (Å²) < 4.78 is 52.9.